The first-order valence-electron chi connectivity index (χ1n) is 9.83. The van der Waals surface area contributed by atoms with Gasteiger partial charge in [-0.1, -0.05) is 18.2 Å². The zero-order valence-corrected chi connectivity index (χ0v) is 16.0. The number of fused-ring (bicyclic) bond motifs is 1. The molecule has 0 saturated heterocycles. The number of aromatic carboxylic acids is 1. The molecule has 1 aliphatic carbocycles. The van der Waals surface area contributed by atoms with E-state index in [1.54, 1.807) is 30.5 Å². The van der Waals surface area contributed by atoms with Gasteiger partial charge in [0.15, 0.2) is 11.6 Å². The molecule has 5 heteroatoms. The number of pyridine rings is 1. The fourth-order valence-electron chi connectivity index (χ4n) is 4.07. The van der Waals surface area contributed by atoms with Gasteiger partial charge in [0.2, 0.25) is 0 Å². The average Bonchev–Trinajstić information content (AvgIpc) is 2.74. The van der Waals surface area contributed by atoms with Crippen LogP contribution in [0.5, 0.6) is 11.5 Å². The maximum absolute atomic E-state index is 13.9. The number of halogens is 1. The number of hydrogen-bond donors (Lipinski definition) is 1. The lowest BCUT2D eigenvalue weighted by Crippen LogP contribution is -2.12. The molecule has 3 aromatic rings. The minimum atomic E-state index is -0.915. The van der Waals surface area contributed by atoms with Gasteiger partial charge in [-0.3, -0.25) is 4.98 Å². The van der Waals surface area contributed by atoms with E-state index in [0.29, 0.717) is 23.7 Å². The van der Waals surface area contributed by atoms with Crippen molar-refractivity contribution in [3.05, 3.63) is 89.0 Å². The summed E-state index contributed by atoms with van der Waals surface area (Å²) in [4.78, 5) is 15.5. The Kier molecular flexibility index (Phi) is 5.56. The third-order valence-corrected chi connectivity index (χ3v) is 5.51. The summed E-state index contributed by atoms with van der Waals surface area (Å²) in [5.41, 5.74) is 3.59. The normalized spacial score (nSPS) is 15.6. The highest BCUT2D eigenvalue weighted by Gasteiger charge is 2.22. The molecule has 0 saturated carbocycles. The van der Waals surface area contributed by atoms with E-state index >= 15 is 0 Å². The lowest BCUT2D eigenvalue weighted by molar-refractivity contribution is 0.0695. The molecular weight excluding hydrogens is 369 g/mol. The number of carboxylic acids is 1. The monoisotopic (exact) mass is 391 g/mol. The van der Waals surface area contributed by atoms with Crippen molar-refractivity contribution in [1.82, 2.24) is 4.98 Å². The van der Waals surface area contributed by atoms with Gasteiger partial charge in [0.25, 0.3) is 0 Å². The molecule has 148 valence electrons. The van der Waals surface area contributed by atoms with Crippen LogP contribution in [0.4, 0.5) is 4.39 Å². The number of benzene rings is 2. The van der Waals surface area contributed by atoms with Crippen LogP contribution in [0.25, 0.3) is 0 Å². The molecular formula is C24H22FNO3. The molecule has 1 aliphatic rings. The number of ether oxygens (including phenoxy) is 1. The van der Waals surface area contributed by atoms with Crippen LogP contribution < -0.4 is 4.74 Å². The van der Waals surface area contributed by atoms with Crippen molar-refractivity contribution in [2.75, 3.05) is 0 Å². The number of aromatic nitrogens is 1. The molecule has 1 unspecified atom stereocenters. The first-order valence-corrected chi connectivity index (χ1v) is 9.83. The van der Waals surface area contributed by atoms with E-state index < -0.39 is 5.97 Å². The smallest absolute Gasteiger partial charge is 0.336 e. The van der Waals surface area contributed by atoms with Gasteiger partial charge in [-0.25, -0.2) is 9.18 Å². The Balaban J connectivity index is 1.50. The molecule has 1 aromatic heterocycles. The fraction of sp³-hybridized carbons (Fsp3) is 0.250. The van der Waals surface area contributed by atoms with Crippen molar-refractivity contribution >= 4 is 5.97 Å². The molecule has 0 aliphatic heterocycles. The van der Waals surface area contributed by atoms with E-state index in [1.165, 1.54) is 23.4 Å². The molecule has 1 heterocycles. The van der Waals surface area contributed by atoms with E-state index in [9.17, 15) is 14.3 Å². The molecule has 2 aromatic carbocycles. The van der Waals surface area contributed by atoms with Crippen molar-refractivity contribution in [3.63, 3.8) is 0 Å². The van der Waals surface area contributed by atoms with Crippen LogP contribution in [0.1, 0.15) is 52.2 Å². The van der Waals surface area contributed by atoms with E-state index in [2.05, 4.69) is 11.1 Å². The summed E-state index contributed by atoms with van der Waals surface area (Å²) < 4.78 is 19.6. The molecule has 0 fully saturated rings. The highest BCUT2D eigenvalue weighted by atomic mass is 19.1. The van der Waals surface area contributed by atoms with Gasteiger partial charge in [0.05, 0.1) is 5.56 Å². The minimum Gasteiger partial charge on any atom is -0.478 e. The zero-order valence-electron chi connectivity index (χ0n) is 16.0. The van der Waals surface area contributed by atoms with Crippen molar-refractivity contribution < 1.29 is 19.0 Å². The summed E-state index contributed by atoms with van der Waals surface area (Å²) in [5, 5.41) is 9.36. The molecule has 0 bridgehead atoms. The first-order chi connectivity index (χ1) is 14.1. The molecule has 1 N–H and O–H groups in total. The molecule has 0 radical (unpaired) electrons. The van der Waals surface area contributed by atoms with Crippen LogP contribution in [0.3, 0.4) is 0 Å². The fourth-order valence-corrected chi connectivity index (χ4v) is 4.07. The van der Waals surface area contributed by atoms with Crippen LogP contribution in [0.2, 0.25) is 0 Å². The lowest BCUT2D eigenvalue weighted by Gasteiger charge is -2.26. The maximum Gasteiger partial charge on any atom is 0.336 e. The van der Waals surface area contributed by atoms with Gasteiger partial charge in [-0.2, -0.15) is 0 Å². The van der Waals surface area contributed by atoms with Gasteiger partial charge in [-0.05, 0) is 85.0 Å². The van der Waals surface area contributed by atoms with Crippen LogP contribution in [-0.4, -0.2) is 16.1 Å². The number of rotatable bonds is 6. The number of aryl methyl sites for hydroxylation is 2. The Hall–Kier alpha value is -3.21. The quantitative estimate of drug-likeness (QED) is 0.580. The number of para-hydroxylation sites is 1. The third kappa shape index (κ3) is 4.29. The molecule has 1 atom stereocenters. The predicted octanol–water partition coefficient (Wildman–Crippen LogP) is 5.76. The average molecular weight is 391 g/mol. The Morgan fingerprint density at radius 2 is 2.07 bits per heavy atom. The second kappa shape index (κ2) is 8.43. The summed E-state index contributed by atoms with van der Waals surface area (Å²) >= 11 is 0. The predicted molar refractivity (Wildman–Crippen MR) is 108 cm³/mol. The zero-order chi connectivity index (χ0) is 20.2. The van der Waals surface area contributed by atoms with Crippen molar-refractivity contribution in [3.8, 4) is 11.5 Å². The number of carboxylic acid groups (broad SMARTS) is 1. The van der Waals surface area contributed by atoms with Gasteiger partial charge >= 0.3 is 5.97 Å². The summed E-state index contributed by atoms with van der Waals surface area (Å²) in [5.74, 6) is -0.0780. The molecule has 29 heavy (non-hydrogen) atoms. The summed E-state index contributed by atoms with van der Waals surface area (Å²) in [6.45, 7) is 0. The molecule has 4 nitrogen and oxygen atoms in total. The second-order valence-electron chi connectivity index (χ2n) is 7.36. The Morgan fingerprint density at radius 1 is 1.21 bits per heavy atom. The van der Waals surface area contributed by atoms with Gasteiger partial charge in [0.1, 0.15) is 5.75 Å². The highest BCUT2D eigenvalue weighted by molar-refractivity contribution is 5.89. The van der Waals surface area contributed by atoms with Gasteiger partial charge in [0, 0.05) is 12.4 Å². The van der Waals surface area contributed by atoms with Gasteiger partial charge < -0.3 is 9.84 Å². The highest BCUT2D eigenvalue weighted by Crippen LogP contribution is 2.37. The Labute approximate surface area is 169 Å². The lowest BCUT2D eigenvalue weighted by atomic mass is 9.79. The van der Waals surface area contributed by atoms with Crippen molar-refractivity contribution in [1.29, 1.82) is 0 Å². The first kappa shape index (κ1) is 19.1. The topological polar surface area (TPSA) is 59.4 Å². The Morgan fingerprint density at radius 3 is 2.90 bits per heavy atom. The second-order valence-corrected chi connectivity index (χ2v) is 7.36. The van der Waals surface area contributed by atoms with E-state index in [4.69, 9.17) is 4.74 Å². The van der Waals surface area contributed by atoms with E-state index in [-0.39, 0.29) is 11.6 Å². The molecule has 4 rings (SSSR count). The Bertz CT molecular complexity index is 1030. The van der Waals surface area contributed by atoms with Crippen LogP contribution in [0.15, 0.2) is 60.9 Å². The van der Waals surface area contributed by atoms with Crippen molar-refractivity contribution in [2.45, 2.75) is 38.0 Å². The summed E-state index contributed by atoms with van der Waals surface area (Å²) in [6.07, 6.45) is 7.81. The van der Waals surface area contributed by atoms with Crippen LogP contribution in [0, 0.1) is 5.82 Å². The summed E-state index contributed by atoms with van der Waals surface area (Å²) in [6, 6.07) is 13.9. The van der Waals surface area contributed by atoms with Crippen LogP contribution >= 0.6 is 0 Å². The molecule has 0 amide bonds. The van der Waals surface area contributed by atoms with Crippen molar-refractivity contribution in [2.24, 2.45) is 0 Å². The number of nitrogens with zero attached hydrogens (tertiary/aromatic N) is 1. The van der Waals surface area contributed by atoms with Gasteiger partial charge in [-0.15, -0.1) is 0 Å². The number of hydrogen-bond acceptors (Lipinski definition) is 3. The standard InChI is InChI=1S/C24H22FNO3/c25-22-6-1-2-7-23(22)29-19-10-11-20-16(4-3-5-17(20)14-19)8-9-18-15-26-13-12-21(18)24(27)28/h1-2,6-7,10-16H,3-5,8-9H2,(H,27,28). The van der Waals surface area contributed by atoms with Crippen LogP contribution in [-0.2, 0) is 12.8 Å². The molecule has 0 spiro atoms. The summed E-state index contributed by atoms with van der Waals surface area (Å²) in [7, 11) is 0. The maximum atomic E-state index is 13.9. The third-order valence-electron chi connectivity index (χ3n) is 5.51. The van der Waals surface area contributed by atoms with E-state index in [1.807, 2.05) is 12.1 Å². The van der Waals surface area contributed by atoms with E-state index in [0.717, 1.165) is 31.2 Å². The number of carbonyl (C=O) groups is 1. The SMILES string of the molecule is O=C(O)c1ccncc1CCC1CCCc2cc(Oc3ccccc3F)ccc21. The largest absolute Gasteiger partial charge is 0.478 e. The minimum absolute atomic E-state index is 0.220.